The standard InChI is InChI=1S/C21H21N3O2/c1-14-5-7-16(8-6-14)11-19(17-4-3-9-22-12-17)24-21(26)18-13-23-15(2)10-20(18)25/h3-10,12-13,19H,11H2,1-2H3,(H,23,25)(H,24,26)/t19-/m1/s1. The molecule has 0 saturated carbocycles. The molecule has 3 aromatic rings. The molecule has 132 valence electrons. The quantitative estimate of drug-likeness (QED) is 0.745. The van der Waals surface area contributed by atoms with Crippen LogP contribution in [0, 0.1) is 13.8 Å². The number of nitrogens with zero attached hydrogens (tertiary/aromatic N) is 1. The number of hydrogen-bond donors (Lipinski definition) is 2. The fourth-order valence-electron chi connectivity index (χ4n) is 2.78. The first-order valence-corrected chi connectivity index (χ1v) is 8.48. The zero-order valence-corrected chi connectivity index (χ0v) is 14.8. The van der Waals surface area contributed by atoms with Gasteiger partial charge in [0.05, 0.1) is 6.04 Å². The lowest BCUT2D eigenvalue weighted by molar-refractivity contribution is 0.0935. The lowest BCUT2D eigenvalue weighted by Crippen LogP contribution is -2.33. The number of nitrogens with one attached hydrogen (secondary N) is 2. The van der Waals surface area contributed by atoms with Crippen LogP contribution in [0.4, 0.5) is 0 Å². The number of rotatable bonds is 5. The highest BCUT2D eigenvalue weighted by molar-refractivity contribution is 5.94. The van der Waals surface area contributed by atoms with Crippen LogP contribution in [0.25, 0.3) is 0 Å². The number of carbonyl (C=O) groups excluding carboxylic acids is 1. The summed E-state index contributed by atoms with van der Waals surface area (Å²) in [5.74, 6) is -0.396. The summed E-state index contributed by atoms with van der Waals surface area (Å²) in [7, 11) is 0. The van der Waals surface area contributed by atoms with Crippen molar-refractivity contribution in [3.05, 3.63) is 99.2 Å². The van der Waals surface area contributed by atoms with Crippen molar-refractivity contribution in [3.8, 4) is 0 Å². The number of amides is 1. The SMILES string of the molecule is Cc1ccc(C[C@@H](NC(=O)c2c[nH]c(C)cc2=O)c2cccnc2)cc1. The van der Waals surface area contributed by atoms with Gasteiger partial charge in [0.25, 0.3) is 5.91 Å². The van der Waals surface area contributed by atoms with Gasteiger partial charge >= 0.3 is 0 Å². The first kappa shape index (κ1) is 17.6. The molecule has 0 saturated heterocycles. The smallest absolute Gasteiger partial charge is 0.257 e. The molecule has 5 heteroatoms. The molecule has 1 amide bonds. The number of pyridine rings is 2. The van der Waals surface area contributed by atoms with Gasteiger partial charge in [0.2, 0.25) is 0 Å². The molecule has 0 radical (unpaired) electrons. The van der Waals surface area contributed by atoms with Gasteiger partial charge in [-0.3, -0.25) is 14.6 Å². The number of benzene rings is 1. The molecule has 2 aromatic heterocycles. The molecule has 0 aliphatic carbocycles. The second-order valence-corrected chi connectivity index (χ2v) is 6.40. The van der Waals surface area contributed by atoms with Gasteiger partial charge in [-0.2, -0.15) is 0 Å². The third-order valence-electron chi connectivity index (χ3n) is 4.25. The second-order valence-electron chi connectivity index (χ2n) is 6.40. The van der Waals surface area contributed by atoms with Crippen LogP contribution in [-0.4, -0.2) is 15.9 Å². The minimum atomic E-state index is -0.396. The van der Waals surface area contributed by atoms with E-state index in [4.69, 9.17) is 0 Å². The zero-order valence-electron chi connectivity index (χ0n) is 14.8. The topological polar surface area (TPSA) is 74.8 Å². The van der Waals surface area contributed by atoms with Crippen LogP contribution in [0.15, 0.2) is 65.8 Å². The number of aromatic amines is 1. The summed E-state index contributed by atoms with van der Waals surface area (Å²) in [6.07, 6.45) is 5.50. The summed E-state index contributed by atoms with van der Waals surface area (Å²) >= 11 is 0. The van der Waals surface area contributed by atoms with E-state index < -0.39 is 5.91 Å². The van der Waals surface area contributed by atoms with Crippen molar-refractivity contribution in [3.63, 3.8) is 0 Å². The van der Waals surface area contributed by atoms with Crippen LogP contribution in [0.1, 0.15) is 38.8 Å². The highest BCUT2D eigenvalue weighted by Gasteiger charge is 2.18. The monoisotopic (exact) mass is 347 g/mol. The molecule has 0 spiro atoms. The molecule has 0 aliphatic rings. The number of aromatic nitrogens is 2. The Kier molecular flexibility index (Phi) is 5.27. The Bertz CT molecular complexity index is 947. The van der Waals surface area contributed by atoms with Gasteiger partial charge in [0, 0.05) is 30.4 Å². The summed E-state index contributed by atoms with van der Waals surface area (Å²) in [5.41, 5.74) is 3.71. The fraction of sp³-hybridized carbons (Fsp3) is 0.190. The second kappa shape index (κ2) is 7.78. The van der Waals surface area contributed by atoms with E-state index in [1.165, 1.54) is 17.8 Å². The van der Waals surface area contributed by atoms with E-state index in [0.29, 0.717) is 6.42 Å². The van der Waals surface area contributed by atoms with Gasteiger partial charge in [-0.15, -0.1) is 0 Å². The van der Waals surface area contributed by atoms with Crippen LogP contribution in [0.3, 0.4) is 0 Å². The Labute approximate surface area is 152 Å². The number of carbonyl (C=O) groups is 1. The third kappa shape index (κ3) is 4.25. The van der Waals surface area contributed by atoms with Crippen molar-refractivity contribution in [2.24, 2.45) is 0 Å². The van der Waals surface area contributed by atoms with E-state index in [-0.39, 0.29) is 17.0 Å². The third-order valence-corrected chi connectivity index (χ3v) is 4.25. The van der Waals surface area contributed by atoms with Crippen molar-refractivity contribution in [1.29, 1.82) is 0 Å². The number of H-pyrrole nitrogens is 1. The van der Waals surface area contributed by atoms with Crippen molar-refractivity contribution in [1.82, 2.24) is 15.3 Å². The predicted molar refractivity (Wildman–Crippen MR) is 101 cm³/mol. The summed E-state index contributed by atoms with van der Waals surface area (Å²) in [5, 5.41) is 2.97. The van der Waals surface area contributed by atoms with Gasteiger partial charge in [-0.1, -0.05) is 35.9 Å². The van der Waals surface area contributed by atoms with Crippen LogP contribution in [0.2, 0.25) is 0 Å². The van der Waals surface area contributed by atoms with Gasteiger partial charge in [0.15, 0.2) is 5.43 Å². The number of aryl methyl sites for hydroxylation is 2. The average Bonchev–Trinajstić information content (AvgIpc) is 2.63. The maximum atomic E-state index is 12.7. The Morgan fingerprint density at radius 1 is 1.19 bits per heavy atom. The largest absolute Gasteiger partial charge is 0.364 e. The molecule has 1 aromatic carbocycles. The molecular formula is C21H21N3O2. The molecular weight excluding hydrogens is 326 g/mol. The average molecular weight is 347 g/mol. The summed E-state index contributed by atoms with van der Waals surface area (Å²) in [4.78, 5) is 31.8. The molecule has 2 heterocycles. The minimum absolute atomic E-state index is 0.105. The lowest BCUT2D eigenvalue weighted by Gasteiger charge is -2.19. The summed E-state index contributed by atoms with van der Waals surface area (Å²) in [6, 6.07) is 13.1. The van der Waals surface area contributed by atoms with Crippen molar-refractivity contribution < 1.29 is 4.79 Å². The van der Waals surface area contributed by atoms with E-state index >= 15 is 0 Å². The first-order valence-electron chi connectivity index (χ1n) is 8.48. The Morgan fingerprint density at radius 3 is 2.62 bits per heavy atom. The molecule has 0 bridgehead atoms. The van der Waals surface area contributed by atoms with Crippen LogP contribution in [0.5, 0.6) is 0 Å². The van der Waals surface area contributed by atoms with Crippen molar-refractivity contribution >= 4 is 5.91 Å². The van der Waals surface area contributed by atoms with E-state index in [0.717, 1.165) is 16.8 Å². The molecule has 0 fully saturated rings. The van der Waals surface area contributed by atoms with Gasteiger partial charge in [-0.25, -0.2) is 0 Å². The van der Waals surface area contributed by atoms with Crippen molar-refractivity contribution in [2.75, 3.05) is 0 Å². The zero-order chi connectivity index (χ0) is 18.5. The minimum Gasteiger partial charge on any atom is -0.364 e. The van der Waals surface area contributed by atoms with Gasteiger partial charge in [0.1, 0.15) is 5.56 Å². The predicted octanol–water partition coefficient (Wildman–Crippen LogP) is 3.10. The molecule has 5 nitrogen and oxygen atoms in total. The van der Waals surface area contributed by atoms with Gasteiger partial charge in [-0.05, 0) is 37.5 Å². The highest BCUT2D eigenvalue weighted by atomic mass is 16.2. The highest BCUT2D eigenvalue weighted by Crippen LogP contribution is 2.18. The Balaban J connectivity index is 1.87. The van der Waals surface area contributed by atoms with Gasteiger partial charge < -0.3 is 10.3 Å². The van der Waals surface area contributed by atoms with E-state index in [9.17, 15) is 9.59 Å². The van der Waals surface area contributed by atoms with Crippen LogP contribution >= 0.6 is 0 Å². The van der Waals surface area contributed by atoms with Crippen molar-refractivity contribution in [2.45, 2.75) is 26.3 Å². The molecule has 26 heavy (non-hydrogen) atoms. The lowest BCUT2D eigenvalue weighted by atomic mass is 9.99. The van der Waals surface area contributed by atoms with Crippen LogP contribution in [-0.2, 0) is 6.42 Å². The summed E-state index contributed by atoms with van der Waals surface area (Å²) < 4.78 is 0. The molecule has 0 unspecified atom stereocenters. The maximum Gasteiger partial charge on any atom is 0.257 e. The maximum absolute atomic E-state index is 12.7. The van der Waals surface area contributed by atoms with E-state index in [2.05, 4.69) is 15.3 Å². The van der Waals surface area contributed by atoms with E-state index in [1.807, 2.05) is 43.3 Å². The Morgan fingerprint density at radius 2 is 1.96 bits per heavy atom. The number of hydrogen-bond acceptors (Lipinski definition) is 3. The normalized spacial score (nSPS) is 11.8. The van der Waals surface area contributed by atoms with E-state index in [1.54, 1.807) is 19.3 Å². The molecule has 0 aliphatic heterocycles. The first-order chi connectivity index (χ1) is 12.5. The molecule has 3 rings (SSSR count). The molecule has 1 atom stereocenters. The fourth-order valence-corrected chi connectivity index (χ4v) is 2.78. The van der Waals surface area contributed by atoms with Crippen LogP contribution < -0.4 is 10.7 Å². The molecule has 2 N–H and O–H groups in total. The Hall–Kier alpha value is -3.21. The summed E-state index contributed by atoms with van der Waals surface area (Å²) in [6.45, 7) is 3.81.